The summed E-state index contributed by atoms with van der Waals surface area (Å²) in [6.07, 6.45) is 2.74. The fourth-order valence-electron chi connectivity index (χ4n) is 4.08. The molecule has 11 heteroatoms. The summed E-state index contributed by atoms with van der Waals surface area (Å²) < 4.78 is 32.5. The minimum atomic E-state index is -3.37. The van der Waals surface area contributed by atoms with Crippen molar-refractivity contribution >= 4 is 50.6 Å². The molecule has 1 amide bonds. The van der Waals surface area contributed by atoms with Crippen LogP contribution >= 0.6 is 12.4 Å². The van der Waals surface area contributed by atoms with Gasteiger partial charge in [-0.1, -0.05) is 0 Å². The molecule has 196 valence electrons. The first kappa shape index (κ1) is 27.6. The van der Waals surface area contributed by atoms with Crippen molar-refractivity contribution in [3.05, 3.63) is 54.2 Å². The zero-order chi connectivity index (χ0) is 25.0. The zero-order valence-electron chi connectivity index (χ0n) is 20.6. The lowest BCUT2D eigenvalue weighted by Gasteiger charge is -2.36. The van der Waals surface area contributed by atoms with Gasteiger partial charge in [-0.3, -0.25) is 9.52 Å². The summed E-state index contributed by atoms with van der Waals surface area (Å²) in [6, 6.07) is 13.1. The predicted molar refractivity (Wildman–Crippen MR) is 147 cm³/mol. The molecule has 1 aliphatic heterocycles. The summed E-state index contributed by atoms with van der Waals surface area (Å²) in [5.41, 5.74) is 9.39. The predicted octanol–water partition coefficient (Wildman–Crippen LogP) is 2.97. The third kappa shape index (κ3) is 6.43. The van der Waals surface area contributed by atoms with Gasteiger partial charge in [0.25, 0.3) is 5.91 Å². The third-order valence-corrected chi connectivity index (χ3v) is 8.02. The van der Waals surface area contributed by atoms with Crippen molar-refractivity contribution in [3.8, 4) is 5.75 Å². The fourth-order valence-corrected chi connectivity index (χ4v) is 4.78. The highest BCUT2D eigenvalue weighted by atomic mass is 35.5. The van der Waals surface area contributed by atoms with Crippen LogP contribution < -0.4 is 20.1 Å². The van der Waals surface area contributed by atoms with Gasteiger partial charge in [-0.15, -0.1) is 12.4 Å². The van der Waals surface area contributed by atoms with Gasteiger partial charge in [-0.25, -0.2) is 8.42 Å². The molecule has 4 rings (SSSR count). The molecule has 0 spiro atoms. The molecule has 1 fully saturated rings. The number of fused-ring (bicyclic) bond motifs is 1. The highest BCUT2D eigenvalue weighted by Crippen LogP contribution is 2.24. The Hall–Kier alpha value is -2.95. The number of benzene rings is 2. The van der Waals surface area contributed by atoms with E-state index < -0.39 is 15.3 Å². The molecule has 4 N–H and O–H groups in total. The first-order valence-corrected chi connectivity index (χ1v) is 13.4. The van der Waals surface area contributed by atoms with E-state index in [9.17, 15) is 13.2 Å². The average molecular weight is 536 g/mol. The number of halogens is 1. The fraction of sp³-hybridized carbons (Fsp3) is 0.400. The van der Waals surface area contributed by atoms with E-state index in [4.69, 9.17) is 10.5 Å². The van der Waals surface area contributed by atoms with Crippen LogP contribution in [0.1, 0.15) is 19.4 Å². The van der Waals surface area contributed by atoms with E-state index >= 15 is 0 Å². The number of nitrogens with one attached hydrogen (secondary N) is 2. The Labute approximate surface area is 218 Å². The number of ether oxygens (including phenoxy) is 1. The smallest absolute Gasteiger partial charge is 0.260 e. The van der Waals surface area contributed by atoms with Crippen LogP contribution in [0, 0.1) is 0 Å². The van der Waals surface area contributed by atoms with Crippen molar-refractivity contribution in [2.45, 2.75) is 25.5 Å². The first-order chi connectivity index (χ1) is 16.8. The number of sulfonamides is 1. The number of piperazine rings is 1. The van der Waals surface area contributed by atoms with Gasteiger partial charge in [-0.2, -0.15) is 0 Å². The maximum absolute atomic E-state index is 12.7. The van der Waals surface area contributed by atoms with E-state index in [2.05, 4.69) is 14.6 Å². The number of anilines is 2. The highest BCUT2D eigenvalue weighted by molar-refractivity contribution is 7.93. The molecular formula is C25H34ClN5O4S. The van der Waals surface area contributed by atoms with E-state index in [-0.39, 0.29) is 24.9 Å². The lowest BCUT2D eigenvalue weighted by atomic mass is 10.1. The molecule has 0 bridgehead atoms. The Morgan fingerprint density at radius 2 is 1.81 bits per heavy atom. The Morgan fingerprint density at radius 1 is 1.11 bits per heavy atom. The minimum Gasteiger partial charge on any atom is -0.484 e. The van der Waals surface area contributed by atoms with Crippen molar-refractivity contribution in [1.82, 2.24) is 9.88 Å². The van der Waals surface area contributed by atoms with E-state index in [1.165, 1.54) is 0 Å². The molecule has 3 aromatic rings. The summed E-state index contributed by atoms with van der Waals surface area (Å²) in [7, 11) is -3.37. The van der Waals surface area contributed by atoms with E-state index in [1.807, 2.05) is 41.4 Å². The topological polar surface area (TPSA) is 121 Å². The highest BCUT2D eigenvalue weighted by Gasteiger charge is 2.22. The molecule has 36 heavy (non-hydrogen) atoms. The van der Waals surface area contributed by atoms with Gasteiger partial charge in [0.1, 0.15) is 5.75 Å². The van der Waals surface area contributed by atoms with Crippen LogP contribution in [-0.2, 0) is 21.2 Å². The number of nitrogens with two attached hydrogens (primary N) is 1. The van der Waals surface area contributed by atoms with Crippen LogP contribution in [0.4, 0.5) is 11.4 Å². The zero-order valence-corrected chi connectivity index (χ0v) is 22.2. The second-order valence-corrected chi connectivity index (χ2v) is 11.2. The quantitative estimate of drug-likeness (QED) is 0.387. The summed E-state index contributed by atoms with van der Waals surface area (Å²) >= 11 is 0. The molecule has 9 nitrogen and oxygen atoms in total. The molecule has 0 radical (unpaired) electrons. The molecule has 2 heterocycles. The molecule has 2 aromatic carbocycles. The number of nitrogens with zero attached hydrogens (tertiary/aromatic N) is 2. The monoisotopic (exact) mass is 535 g/mol. The second-order valence-electron chi connectivity index (χ2n) is 8.96. The molecule has 1 aromatic heterocycles. The molecule has 0 atom stereocenters. The van der Waals surface area contributed by atoms with Crippen molar-refractivity contribution in [1.29, 1.82) is 0 Å². The molecule has 1 saturated heterocycles. The molecule has 1 aliphatic rings. The molecular weight excluding hydrogens is 502 g/mol. The molecule has 0 unspecified atom stereocenters. The van der Waals surface area contributed by atoms with Crippen molar-refractivity contribution in [2.24, 2.45) is 5.73 Å². The average Bonchev–Trinajstić information content (AvgIpc) is 3.25. The van der Waals surface area contributed by atoms with Crippen molar-refractivity contribution in [2.75, 3.05) is 49.0 Å². The number of hydrogen-bond donors (Lipinski definition) is 3. The lowest BCUT2D eigenvalue weighted by Crippen LogP contribution is -2.50. The largest absolute Gasteiger partial charge is 0.484 e. The first-order valence-electron chi connectivity index (χ1n) is 11.8. The number of amides is 1. The van der Waals surface area contributed by atoms with Gasteiger partial charge in [0.2, 0.25) is 10.0 Å². The number of hydrogen-bond acceptors (Lipinski definition) is 6. The summed E-state index contributed by atoms with van der Waals surface area (Å²) in [5, 5.41) is 0.569. The minimum absolute atomic E-state index is 0. The third-order valence-electron chi connectivity index (χ3n) is 6.26. The standard InChI is InChI=1S/C25H33N5O4S.ClH/c1-18(2)35(32,33)28-20-3-5-21(6-4-20)29-11-13-30(14-12-29)25(31)17-34-22-7-8-24-23(15-22)19(9-10-26)16-27-24;/h3-8,15-16,18,27-28H,9-14,17,26H2,1-2H3;1H. The van der Waals surface area contributed by atoms with E-state index in [0.717, 1.165) is 28.6 Å². The van der Waals surface area contributed by atoms with E-state index in [0.29, 0.717) is 44.2 Å². The van der Waals surface area contributed by atoms with Gasteiger partial charge in [0, 0.05) is 54.7 Å². The summed E-state index contributed by atoms with van der Waals surface area (Å²) in [5.74, 6) is 0.620. The number of aromatic nitrogens is 1. The number of rotatable bonds is 9. The van der Waals surface area contributed by atoms with Gasteiger partial charge >= 0.3 is 0 Å². The number of H-pyrrole nitrogens is 1. The van der Waals surface area contributed by atoms with Crippen LogP contribution in [-0.4, -0.2) is 68.8 Å². The van der Waals surface area contributed by atoms with Crippen molar-refractivity contribution < 1.29 is 17.9 Å². The van der Waals surface area contributed by atoms with Crippen LogP contribution in [0.15, 0.2) is 48.7 Å². The maximum Gasteiger partial charge on any atom is 0.260 e. The number of aromatic amines is 1. The van der Waals surface area contributed by atoms with Crippen LogP contribution in [0.5, 0.6) is 5.75 Å². The van der Waals surface area contributed by atoms with Crippen LogP contribution in [0.3, 0.4) is 0 Å². The number of carbonyl (C=O) groups is 1. The van der Waals surface area contributed by atoms with E-state index in [1.54, 1.807) is 26.0 Å². The summed E-state index contributed by atoms with van der Waals surface area (Å²) in [6.45, 7) is 6.44. The SMILES string of the molecule is CC(C)S(=O)(=O)Nc1ccc(N2CCN(C(=O)COc3ccc4[nH]cc(CCN)c4c3)CC2)cc1.Cl. The molecule has 0 aliphatic carbocycles. The summed E-state index contributed by atoms with van der Waals surface area (Å²) in [4.78, 5) is 20.0. The van der Waals surface area contributed by atoms with Crippen LogP contribution in [0.2, 0.25) is 0 Å². The van der Waals surface area contributed by atoms with Gasteiger partial charge in [0.15, 0.2) is 6.61 Å². The van der Waals surface area contributed by atoms with Crippen LogP contribution in [0.25, 0.3) is 10.9 Å². The van der Waals surface area contributed by atoms with Gasteiger partial charge in [-0.05, 0) is 74.8 Å². The normalized spacial score (nSPS) is 14.1. The van der Waals surface area contributed by atoms with Gasteiger partial charge < -0.3 is 25.3 Å². The van der Waals surface area contributed by atoms with Crippen molar-refractivity contribution in [3.63, 3.8) is 0 Å². The Kier molecular flexibility index (Phi) is 9.10. The number of carbonyl (C=O) groups excluding carboxylic acids is 1. The lowest BCUT2D eigenvalue weighted by molar-refractivity contribution is -0.133. The van der Waals surface area contributed by atoms with Gasteiger partial charge in [0.05, 0.1) is 5.25 Å². The Morgan fingerprint density at radius 3 is 2.44 bits per heavy atom. The Balaban J connectivity index is 0.00000361. The Bertz CT molecular complexity index is 1270. The maximum atomic E-state index is 12.7. The molecule has 0 saturated carbocycles. The second kappa shape index (κ2) is 11.9.